The van der Waals surface area contributed by atoms with E-state index in [0.717, 1.165) is 0 Å². The molecule has 2 N–H and O–H groups in total. The highest BCUT2D eigenvalue weighted by atomic mass is 19.3. The number of aromatic hydroxyl groups is 1. The molecule has 0 saturated heterocycles. The van der Waals surface area contributed by atoms with Crippen LogP contribution < -0.4 is 0 Å². The third-order valence-electron chi connectivity index (χ3n) is 1.62. The number of hydrogen-bond acceptors (Lipinski definition) is 3. The summed E-state index contributed by atoms with van der Waals surface area (Å²) < 4.78 is 37.2. The maximum absolute atomic E-state index is 12.6. The van der Waals surface area contributed by atoms with E-state index in [1.165, 1.54) is 0 Å². The van der Waals surface area contributed by atoms with Crippen molar-refractivity contribution in [2.75, 3.05) is 0 Å². The van der Waals surface area contributed by atoms with Crippen molar-refractivity contribution in [2.45, 2.75) is 12.8 Å². The molecule has 1 rings (SSSR count). The summed E-state index contributed by atoms with van der Waals surface area (Å²) in [5, 5.41) is 17.2. The molecule has 0 aliphatic carbocycles. The van der Waals surface area contributed by atoms with Crippen molar-refractivity contribution in [1.29, 1.82) is 0 Å². The molecule has 15 heavy (non-hydrogen) atoms. The van der Waals surface area contributed by atoms with E-state index in [1.807, 2.05) is 0 Å². The molecule has 1 aromatic rings. The Morgan fingerprint density at radius 3 is 2.60 bits per heavy atom. The molecule has 0 radical (unpaired) electrons. The summed E-state index contributed by atoms with van der Waals surface area (Å²) in [6, 6.07) is 0.637. The predicted octanol–water partition coefficient (Wildman–Crippen LogP) is 1.49. The van der Waals surface area contributed by atoms with E-state index in [0.29, 0.717) is 6.07 Å². The quantitative estimate of drug-likeness (QED) is 0.758. The SMILES string of the molecule is O=C(O)Cc1cc(O)c(F)nc1C(F)F. The zero-order valence-electron chi connectivity index (χ0n) is 7.25. The van der Waals surface area contributed by atoms with Gasteiger partial charge in [0.2, 0.25) is 0 Å². The van der Waals surface area contributed by atoms with Crippen molar-refractivity contribution in [3.05, 3.63) is 23.3 Å². The van der Waals surface area contributed by atoms with Crippen LogP contribution in [0.1, 0.15) is 17.7 Å². The lowest BCUT2D eigenvalue weighted by Gasteiger charge is -2.06. The highest BCUT2D eigenvalue weighted by Crippen LogP contribution is 2.25. The number of halogens is 3. The monoisotopic (exact) mass is 221 g/mol. The van der Waals surface area contributed by atoms with Gasteiger partial charge in [-0.1, -0.05) is 0 Å². The Hall–Kier alpha value is -1.79. The van der Waals surface area contributed by atoms with Crippen molar-refractivity contribution in [1.82, 2.24) is 4.98 Å². The first-order valence-corrected chi connectivity index (χ1v) is 3.80. The molecular formula is C8H6F3NO3. The van der Waals surface area contributed by atoms with E-state index >= 15 is 0 Å². The van der Waals surface area contributed by atoms with Crippen LogP contribution in [0.4, 0.5) is 13.2 Å². The number of rotatable bonds is 3. The average molecular weight is 221 g/mol. The Labute approximate surface area is 82.0 Å². The fourth-order valence-electron chi connectivity index (χ4n) is 1.03. The van der Waals surface area contributed by atoms with Crippen LogP contribution in [0.5, 0.6) is 5.75 Å². The maximum atomic E-state index is 12.6. The van der Waals surface area contributed by atoms with Gasteiger partial charge in [0.05, 0.1) is 6.42 Å². The molecule has 0 saturated carbocycles. The molecule has 7 heteroatoms. The van der Waals surface area contributed by atoms with Crippen LogP contribution in [0.15, 0.2) is 6.07 Å². The molecule has 4 nitrogen and oxygen atoms in total. The second kappa shape index (κ2) is 4.16. The summed E-state index contributed by atoms with van der Waals surface area (Å²) in [4.78, 5) is 13.1. The van der Waals surface area contributed by atoms with E-state index in [4.69, 9.17) is 10.2 Å². The molecule has 0 spiro atoms. The van der Waals surface area contributed by atoms with E-state index in [2.05, 4.69) is 4.98 Å². The molecular weight excluding hydrogens is 215 g/mol. The molecule has 1 aromatic heterocycles. The lowest BCUT2D eigenvalue weighted by atomic mass is 10.1. The zero-order valence-corrected chi connectivity index (χ0v) is 7.25. The molecule has 0 bridgehead atoms. The molecule has 0 aliphatic rings. The molecule has 0 aliphatic heterocycles. The van der Waals surface area contributed by atoms with Crippen molar-refractivity contribution >= 4 is 5.97 Å². The lowest BCUT2D eigenvalue weighted by molar-refractivity contribution is -0.136. The van der Waals surface area contributed by atoms with Gasteiger partial charge in [-0.3, -0.25) is 4.79 Å². The van der Waals surface area contributed by atoms with Gasteiger partial charge in [0, 0.05) is 0 Å². The normalized spacial score (nSPS) is 10.7. The Bertz CT molecular complexity index is 395. The second-order valence-corrected chi connectivity index (χ2v) is 2.71. The number of pyridine rings is 1. The molecule has 0 amide bonds. The fourth-order valence-corrected chi connectivity index (χ4v) is 1.03. The minimum atomic E-state index is -3.09. The van der Waals surface area contributed by atoms with Gasteiger partial charge in [-0.25, -0.2) is 13.8 Å². The topological polar surface area (TPSA) is 70.4 Å². The summed E-state index contributed by atoms with van der Waals surface area (Å²) in [6.45, 7) is 0. The van der Waals surface area contributed by atoms with Crippen LogP contribution in [0, 0.1) is 5.95 Å². The first-order chi connectivity index (χ1) is 6.91. The van der Waals surface area contributed by atoms with Crippen LogP contribution in [-0.2, 0) is 11.2 Å². The lowest BCUT2D eigenvalue weighted by Crippen LogP contribution is -2.07. The number of alkyl halides is 2. The predicted molar refractivity (Wildman–Crippen MR) is 42.2 cm³/mol. The van der Waals surface area contributed by atoms with Crippen LogP contribution in [-0.4, -0.2) is 21.2 Å². The Kier molecular flexibility index (Phi) is 3.13. The summed E-state index contributed by atoms with van der Waals surface area (Å²) in [5.41, 5.74) is -1.37. The minimum Gasteiger partial charge on any atom is -0.504 e. The Morgan fingerprint density at radius 1 is 1.53 bits per heavy atom. The van der Waals surface area contributed by atoms with Crippen molar-refractivity contribution in [3.63, 3.8) is 0 Å². The van der Waals surface area contributed by atoms with Gasteiger partial charge in [0.1, 0.15) is 5.69 Å². The number of nitrogens with zero attached hydrogens (tertiary/aromatic N) is 1. The molecule has 82 valence electrons. The largest absolute Gasteiger partial charge is 0.504 e. The van der Waals surface area contributed by atoms with Gasteiger partial charge in [-0.2, -0.15) is 4.39 Å². The maximum Gasteiger partial charge on any atom is 0.307 e. The van der Waals surface area contributed by atoms with E-state index in [-0.39, 0.29) is 0 Å². The van der Waals surface area contributed by atoms with E-state index < -0.39 is 41.8 Å². The van der Waals surface area contributed by atoms with Crippen LogP contribution in [0.2, 0.25) is 0 Å². The number of carboxylic acid groups (broad SMARTS) is 1. The number of aromatic nitrogens is 1. The standard InChI is InChI=1S/C8H6F3NO3/c9-7(10)6-3(2-5(14)15)1-4(13)8(11)12-6/h1,7,13H,2H2,(H,14,15). The first kappa shape index (κ1) is 11.3. The van der Waals surface area contributed by atoms with E-state index in [1.54, 1.807) is 0 Å². The summed E-state index contributed by atoms with van der Waals surface area (Å²) in [6.07, 6.45) is -3.84. The average Bonchev–Trinajstić information content (AvgIpc) is 2.09. The van der Waals surface area contributed by atoms with E-state index in [9.17, 15) is 18.0 Å². The Morgan fingerprint density at radius 2 is 2.13 bits per heavy atom. The first-order valence-electron chi connectivity index (χ1n) is 3.80. The third kappa shape index (κ3) is 2.58. The van der Waals surface area contributed by atoms with Gasteiger partial charge in [0.25, 0.3) is 12.4 Å². The molecule has 0 unspecified atom stereocenters. The van der Waals surface area contributed by atoms with Gasteiger partial charge in [-0.15, -0.1) is 0 Å². The molecule has 0 atom stereocenters. The van der Waals surface area contributed by atoms with Crippen LogP contribution in [0.25, 0.3) is 0 Å². The van der Waals surface area contributed by atoms with Crippen molar-refractivity contribution < 1.29 is 28.2 Å². The smallest absolute Gasteiger partial charge is 0.307 e. The van der Waals surface area contributed by atoms with Gasteiger partial charge in [-0.05, 0) is 11.6 Å². The third-order valence-corrected chi connectivity index (χ3v) is 1.62. The summed E-state index contributed by atoms with van der Waals surface area (Å²) in [5.74, 6) is -3.76. The number of carbonyl (C=O) groups is 1. The molecule has 0 aromatic carbocycles. The highest BCUT2D eigenvalue weighted by molar-refractivity contribution is 5.70. The van der Waals surface area contributed by atoms with Gasteiger partial charge in [0.15, 0.2) is 5.75 Å². The number of hydrogen-bond donors (Lipinski definition) is 2. The zero-order chi connectivity index (χ0) is 11.6. The molecule has 1 heterocycles. The second-order valence-electron chi connectivity index (χ2n) is 2.71. The summed E-state index contributed by atoms with van der Waals surface area (Å²) >= 11 is 0. The molecule has 0 fully saturated rings. The van der Waals surface area contributed by atoms with Gasteiger partial charge >= 0.3 is 5.97 Å². The van der Waals surface area contributed by atoms with Crippen molar-refractivity contribution in [2.24, 2.45) is 0 Å². The highest BCUT2D eigenvalue weighted by Gasteiger charge is 2.20. The fraction of sp³-hybridized carbons (Fsp3) is 0.250. The number of aliphatic carboxylic acids is 1. The van der Waals surface area contributed by atoms with Gasteiger partial charge < -0.3 is 10.2 Å². The summed E-state index contributed by atoms with van der Waals surface area (Å²) in [7, 11) is 0. The van der Waals surface area contributed by atoms with Crippen molar-refractivity contribution in [3.8, 4) is 5.75 Å². The number of carboxylic acids is 1. The van der Waals surface area contributed by atoms with Crippen LogP contribution in [0.3, 0.4) is 0 Å². The minimum absolute atomic E-state index is 0.406. The Balaban J connectivity index is 3.21. The van der Waals surface area contributed by atoms with Crippen LogP contribution >= 0.6 is 0 Å².